The van der Waals surface area contributed by atoms with Crippen molar-refractivity contribution in [2.24, 2.45) is 0 Å². The second kappa shape index (κ2) is 9.70. The molecule has 3 N–H and O–H groups in total. The molecule has 0 bridgehead atoms. The zero-order chi connectivity index (χ0) is 23.5. The number of halogens is 1. The third-order valence-electron chi connectivity index (χ3n) is 5.31. The van der Waals surface area contributed by atoms with Crippen LogP contribution in [0.25, 0.3) is 0 Å². The summed E-state index contributed by atoms with van der Waals surface area (Å²) in [5, 5.41) is 14.9. The molecule has 4 rings (SSSR count). The lowest BCUT2D eigenvalue weighted by molar-refractivity contribution is 0.0696. The number of aromatic carboxylic acids is 1. The van der Waals surface area contributed by atoms with Gasteiger partial charge in [-0.05, 0) is 48.5 Å². The molecule has 0 atom stereocenters. The van der Waals surface area contributed by atoms with Gasteiger partial charge in [-0.1, -0.05) is 23.7 Å². The molecule has 1 aromatic carbocycles. The predicted octanol–water partition coefficient (Wildman–Crippen LogP) is 3.66. The minimum Gasteiger partial charge on any atom is -0.478 e. The number of likely N-dealkylation sites (N-methyl/N-ethyl adjacent to an activating group) is 1. The number of rotatable bonds is 6. The van der Waals surface area contributed by atoms with Crippen LogP contribution in [0, 0.1) is 0 Å². The van der Waals surface area contributed by atoms with Crippen molar-refractivity contribution in [3.63, 3.8) is 0 Å². The Balaban J connectivity index is 1.54. The van der Waals surface area contributed by atoms with Crippen LogP contribution in [0.5, 0.6) is 0 Å². The van der Waals surface area contributed by atoms with Gasteiger partial charge in [-0.15, -0.1) is 11.3 Å². The van der Waals surface area contributed by atoms with Gasteiger partial charge in [-0.25, -0.2) is 9.78 Å². The zero-order valence-corrected chi connectivity index (χ0v) is 19.3. The van der Waals surface area contributed by atoms with E-state index in [1.54, 1.807) is 24.3 Å². The van der Waals surface area contributed by atoms with Gasteiger partial charge in [-0.2, -0.15) is 0 Å². The lowest BCUT2D eigenvalue weighted by atomic mass is 10.1. The summed E-state index contributed by atoms with van der Waals surface area (Å²) in [4.78, 5) is 43.9. The molecule has 0 aliphatic carbocycles. The number of fused-ring (bicyclic) bond motifs is 1. The van der Waals surface area contributed by atoms with Crippen molar-refractivity contribution in [3.05, 3.63) is 79.8 Å². The lowest BCUT2D eigenvalue weighted by Gasteiger charge is -2.24. The monoisotopic (exact) mass is 484 g/mol. The van der Waals surface area contributed by atoms with Crippen LogP contribution in [0.3, 0.4) is 0 Å². The number of carbonyl (C=O) groups excluding carboxylic acids is 2. The fraction of sp³-hybridized carbons (Fsp3) is 0.217. The highest BCUT2D eigenvalue weighted by Crippen LogP contribution is 2.23. The molecule has 2 amide bonds. The van der Waals surface area contributed by atoms with Gasteiger partial charge in [0.1, 0.15) is 5.69 Å². The molecular weight excluding hydrogens is 464 g/mol. The van der Waals surface area contributed by atoms with Crippen molar-refractivity contribution >= 4 is 46.4 Å². The van der Waals surface area contributed by atoms with E-state index in [0.29, 0.717) is 20.5 Å². The molecule has 0 saturated carbocycles. The molecule has 1 aliphatic rings. The number of nitrogens with one attached hydrogen (secondary N) is 2. The smallest absolute Gasteiger partial charge is 0.335 e. The molecule has 0 spiro atoms. The predicted molar refractivity (Wildman–Crippen MR) is 126 cm³/mol. The third-order valence-corrected chi connectivity index (χ3v) is 6.54. The normalized spacial score (nSPS) is 13.3. The Labute approximate surface area is 199 Å². The molecule has 0 unspecified atom stereocenters. The van der Waals surface area contributed by atoms with Crippen LogP contribution < -0.4 is 10.6 Å². The molecule has 3 aromatic rings. The highest BCUT2D eigenvalue weighted by Gasteiger charge is 2.19. The Bertz CT molecular complexity index is 1240. The van der Waals surface area contributed by atoms with Crippen LogP contribution in [0.1, 0.15) is 47.3 Å². The minimum atomic E-state index is -1.12. The van der Waals surface area contributed by atoms with Crippen LogP contribution in [0.4, 0.5) is 5.69 Å². The van der Waals surface area contributed by atoms with Gasteiger partial charge in [-0.3, -0.25) is 9.59 Å². The number of amides is 2. The standard InChI is InChI=1S/C23H21ClN4O4S/c1-28-9-8-16-15(12-28)4-5-17(26-16)21(29)27-18-10-13(23(31)32)2-3-14(18)11-25-22(30)19-6-7-20(24)33-19/h2-7,10H,8-9,11-12H2,1H3,(H,25,30)(H,27,29)(H,31,32). The summed E-state index contributed by atoms with van der Waals surface area (Å²) in [6.45, 7) is 1.74. The number of carbonyl (C=O) groups is 3. The van der Waals surface area contributed by atoms with E-state index in [-0.39, 0.29) is 23.7 Å². The quantitative estimate of drug-likeness (QED) is 0.492. The first-order valence-corrected chi connectivity index (χ1v) is 11.4. The van der Waals surface area contributed by atoms with Crippen molar-refractivity contribution in [1.82, 2.24) is 15.2 Å². The fourth-order valence-electron chi connectivity index (χ4n) is 3.55. The Morgan fingerprint density at radius 1 is 1.15 bits per heavy atom. The second-order valence-electron chi connectivity index (χ2n) is 7.71. The van der Waals surface area contributed by atoms with E-state index >= 15 is 0 Å². The van der Waals surface area contributed by atoms with Crippen molar-refractivity contribution in [2.75, 3.05) is 18.9 Å². The molecule has 0 saturated heterocycles. The number of hydrogen-bond acceptors (Lipinski definition) is 6. The van der Waals surface area contributed by atoms with Gasteiger partial charge in [0.15, 0.2) is 0 Å². The van der Waals surface area contributed by atoms with Crippen molar-refractivity contribution in [2.45, 2.75) is 19.5 Å². The first-order chi connectivity index (χ1) is 15.8. The number of aromatic nitrogens is 1. The van der Waals surface area contributed by atoms with Crippen molar-refractivity contribution < 1.29 is 19.5 Å². The number of carboxylic acids is 1. The van der Waals surface area contributed by atoms with Crippen LogP contribution in [-0.4, -0.2) is 46.4 Å². The van der Waals surface area contributed by atoms with E-state index in [0.717, 1.165) is 42.1 Å². The van der Waals surface area contributed by atoms with E-state index in [1.807, 2.05) is 13.1 Å². The lowest BCUT2D eigenvalue weighted by Crippen LogP contribution is -2.28. The van der Waals surface area contributed by atoms with Crippen LogP contribution in [0.2, 0.25) is 4.34 Å². The average Bonchev–Trinajstić information content (AvgIpc) is 3.23. The van der Waals surface area contributed by atoms with E-state index < -0.39 is 11.9 Å². The molecule has 8 nitrogen and oxygen atoms in total. The maximum Gasteiger partial charge on any atom is 0.335 e. The number of pyridine rings is 1. The molecule has 0 radical (unpaired) electrons. The average molecular weight is 485 g/mol. The van der Waals surface area contributed by atoms with Gasteiger partial charge < -0.3 is 20.6 Å². The molecule has 33 heavy (non-hydrogen) atoms. The number of anilines is 1. The largest absolute Gasteiger partial charge is 0.478 e. The van der Waals surface area contributed by atoms with Gasteiger partial charge in [0.25, 0.3) is 11.8 Å². The van der Waals surface area contributed by atoms with E-state index in [4.69, 9.17) is 11.6 Å². The minimum absolute atomic E-state index is 0.0202. The Morgan fingerprint density at radius 2 is 1.97 bits per heavy atom. The van der Waals surface area contributed by atoms with Gasteiger partial charge in [0.05, 0.1) is 14.8 Å². The fourth-order valence-corrected chi connectivity index (χ4v) is 4.51. The number of carboxylic acid groups (broad SMARTS) is 1. The topological polar surface area (TPSA) is 112 Å². The molecule has 2 aromatic heterocycles. The van der Waals surface area contributed by atoms with Crippen molar-refractivity contribution in [1.29, 1.82) is 0 Å². The first kappa shape index (κ1) is 22.9. The summed E-state index contributed by atoms with van der Waals surface area (Å²) < 4.78 is 0.503. The molecular formula is C23H21ClN4O4S. The van der Waals surface area contributed by atoms with Crippen LogP contribution in [0.15, 0.2) is 42.5 Å². The third kappa shape index (κ3) is 5.39. The number of hydrogen-bond donors (Lipinski definition) is 3. The van der Waals surface area contributed by atoms with Gasteiger partial charge >= 0.3 is 5.97 Å². The van der Waals surface area contributed by atoms with E-state index in [9.17, 15) is 19.5 Å². The molecule has 3 heterocycles. The summed E-state index contributed by atoms with van der Waals surface area (Å²) in [6.07, 6.45) is 0.755. The Kier molecular flexibility index (Phi) is 6.73. The summed E-state index contributed by atoms with van der Waals surface area (Å²) in [7, 11) is 2.03. The number of thiophene rings is 1. The number of benzene rings is 1. The summed E-state index contributed by atoms with van der Waals surface area (Å²) >= 11 is 7.04. The highest BCUT2D eigenvalue weighted by molar-refractivity contribution is 7.18. The molecule has 0 fully saturated rings. The number of nitrogens with zero attached hydrogens (tertiary/aromatic N) is 2. The Hall–Kier alpha value is -3.27. The zero-order valence-electron chi connectivity index (χ0n) is 17.7. The van der Waals surface area contributed by atoms with Gasteiger partial charge in [0.2, 0.25) is 0 Å². The maximum atomic E-state index is 12.9. The molecule has 1 aliphatic heterocycles. The summed E-state index contributed by atoms with van der Waals surface area (Å²) in [6, 6.07) is 11.2. The van der Waals surface area contributed by atoms with E-state index in [1.165, 1.54) is 12.1 Å². The SMILES string of the molecule is CN1CCc2nc(C(=O)Nc3cc(C(=O)O)ccc3CNC(=O)c3ccc(Cl)s3)ccc2C1. The maximum absolute atomic E-state index is 12.9. The van der Waals surface area contributed by atoms with Crippen molar-refractivity contribution in [3.8, 4) is 0 Å². The van der Waals surface area contributed by atoms with Gasteiger partial charge in [0, 0.05) is 37.4 Å². The molecule has 170 valence electrons. The first-order valence-electron chi connectivity index (χ1n) is 10.2. The Morgan fingerprint density at radius 3 is 2.70 bits per heavy atom. The van der Waals surface area contributed by atoms with E-state index in [2.05, 4.69) is 20.5 Å². The molecule has 10 heteroatoms. The second-order valence-corrected chi connectivity index (χ2v) is 9.42. The van der Waals surface area contributed by atoms with Crippen LogP contribution >= 0.6 is 22.9 Å². The summed E-state index contributed by atoms with van der Waals surface area (Å²) in [5.74, 6) is -1.88. The highest BCUT2D eigenvalue weighted by atomic mass is 35.5. The van der Waals surface area contributed by atoms with Crippen LogP contribution in [-0.2, 0) is 19.5 Å². The summed E-state index contributed by atoms with van der Waals surface area (Å²) in [5.41, 5.74) is 3.11.